The summed E-state index contributed by atoms with van der Waals surface area (Å²) in [6.45, 7) is 3.19. The Morgan fingerprint density at radius 2 is 2.05 bits per heavy atom. The molecule has 1 aromatic rings. The van der Waals surface area contributed by atoms with E-state index >= 15 is 0 Å². The fourth-order valence-corrected chi connectivity index (χ4v) is 4.11. The summed E-state index contributed by atoms with van der Waals surface area (Å²) in [6.07, 6.45) is 1.19. The van der Waals surface area contributed by atoms with Crippen LogP contribution in [0.25, 0.3) is 0 Å². The average Bonchev–Trinajstić information content (AvgIpc) is 2.77. The van der Waals surface area contributed by atoms with Crippen LogP contribution < -0.4 is 0 Å². The Bertz CT molecular complexity index is 482. The number of hydrogen-bond acceptors (Lipinski definition) is 5. The van der Waals surface area contributed by atoms with Crippen molar-refractivity contribution in [3.8, 4) is 0 Å². The van der Waals surface area contributed by atoms with E-state index in [4.69, 9.17) is 16.6 Å². The van der Waals surface area contributed by atoms with E-state index in [1.165, 1.54) is 6.42 Å². The molecule has 1 atom stereocenters. The highest BCUT2D eigenvalue weighted by molar-refractivity contribution is 7.98. The summed E-state index contributed by atoms with van der Waals surface area (Å²) in [7, 11) is 4.32. The zero-order valence-corrected chi connectivity index (χ0v) is 13.0. The van der Waals surface area contributed by atoms with Crippen LogP contribution in [-0.4, -0.2) is 53.5 Å². The van der Waals surface area contributed by atoms with Gasteiger partial charge in [-0.25, -0.2) is 9.97 Å². The summed E-state index contributed by atoms with van der Waals surface area (Å²) < 4.78 is 0. The Labute approximate surface area is 123 Å². The number of likely N-dealkylation sites (N-methyl/N-ethyl adjacent to an activating group) is 2. The van der Waals surface area contributed by atoms with Crippen molar-refractivity contribution < 1.29 is 0 Å². The highest BCUT2D eigenvalue weighted by Gasteiger charge is 2.27. The molecule has 0 N–H and O–H groups in total. The summed E-state index contributed by atoms with van der Waals surface area (Å²) in [5.41, 5.74) is 2.28. The van der Waals surface area contributed by atoms with E-state index in [1.807, 2.05) is 11.8 Å². The molecule has 4 nitrogen and oxygen atoms in total. The lowest BCUT2D eigenvalue weighted by Gasteiger charge is -2.26. The van der Waals surface area contributed by atoms with Gasteiger partial charge in [-0.1, -0.05) is 11.6 Å². The van der Waals surface area contributed by atoms with E-state index in [0.717, 1.165) is 48.2 Å². The number of aromatic nitrogens is 2. The molecule has 1 saturated heterocycles. The second-order valence-corrected chi connectivity index (χ2v) is 6.75. The van der Waals surface area contributed by atoms with Crippen LogP contribution in [0.3, 0.4) is 0 Å². The molecule has 1 fully saturated rings. The molecule has 3 rings (SSSR count). The van der Waals surface area contributed by atoms with Crippen LogP contribution in [0.2, 0.25) is 5.15 Å². The first-order chi connectivity index (χ1) is 9.15. The zero-order valence-electron chi connectivity index (χ0n) is 11.4. The van der Waals surface area contributed by atoms with Gasteiger partial charge in [0.05, 0.1) is 11.7 Å². The molecule has 1 aromatic heterocycles. The summed E-state index contributed by atoms with van der Waals surface area (Å²) in [5.74, 6) is 2.81. The Morgan fingerprint density at radius 1 is 1.21 bits per heavy atom. The van der Waals surface area contributed by atoms with Crippen LogP contribution in [0.1, 0.15) is 29.5 Å². The van der Waals surface area contributed by atoms with Crippen molar-refractivity contribution in [1.29, 1.82) is 0 Å². The normalized spacial score (nSPS) is 25.3. The highest BCUT2D eigenvalue weighted by atomic mass is 35.5. The molecule has 0 saturated carbocycles. The van der Waals surface area contributed by atoms with E-state index in [1.54, 1.807) is 0 Å². The van der Waals surface area contributed by atoms with Gasteiger partial charge in [0, 0.05) is 23.6 Å². The molecule has 2 aliphatic rings. The van der Waals surface area contributed by atoms with Crippen molar-refractivity contribution in [3.05, 3.63) is 22.2 Å². The van der Waals surface area contributed by atoms with Gasteiger partial charge in [0.25, 0.3) is 0 Å². The molecule has 0 spiro atoms. The second-order valence-electron chi connectivity index (χ2n) is 5.40. The molecular formula is C13H19ClN4S. The van der Waals surface area contributed by atoms with Gasteiger partial charge in [-0.3, -0.25) is 4.90 Å². The molecule has 0 radical (unpaired) electrons. The first-order valence-electron chi connectivity index (χ1n) is 6.67. The standard InChI is InChI=1S/C13H19ClN4S/c1-17-4-3-5-18(2)11(6-17)13-15-10-8-19-7-9(10)12(14)16-13/h11H,3-8H2,1-2H3. The van der Waals surface area contributed by atoms with Crippen molar-refractivity contribution in [2.24, 2.45) is 0 Å². The maximum atomic E-state index is 6.32. The quantitative estimate of drug-likeness (QED) is 0.742. The molecule has 3 heterocycles. The molecule has 104 valence electrons. The largest absolute Gasteiger partial charge is 0.304 e. The molecule has 0 aromatic carbocycles. The van der Waals surface area contributed by atoms with Crippen LogP contribution in [0, 0.1) is 0 Å². The Balaban J connectivity index is 1.94. The summed E-state index contributed by atoms with van der Waals surface area (Å²) in [4.78, 5) is 14.1. The van der Waals surface area contributed by atoms with Gasteiger partial charge < -0.3 is 4.90 Å². The number of halogens is 1. The van der Waals surface area contributed by atoms with Crippen LogP contribution in [0.4, 0.5) is 0 Å². The predicted octanol–water partition coefficient (Wildman–Crippen LogP) is 2.19. The van der Waals surface area contributed by atoms with Gasteiger partial charge >= 0.3 is 0 Å². The fourth-order valence-electron chi connectivity index (χ4n) is 2.73. The summed E-state index contributed by atoms with van der Waals surface area (Å²) in [6, 6.07) is 0.251. The van der Waals surface area contributed by atoms with Gasteiger partial charge in [0.15, 0.2) is 0 Å². The highest BCUT2D eigenvalue weighted by Crippen LogP contribution is 2.34. The minimum absolute atomic E-state index is 0.251. The van der Waals surface area contributed by atoms with Gasteiger partial charge in [0.2, 0.25) is 0 Å². The molecule has 19 heavy (non-hydrogen) atoms. The lowest BCUT2D eigenvalue weighted by atomic mass is 10.2. The molecule has 0 amide bonds. The summed E-state index contributed by atoms with van der Waals surface area (Å²) in [5, 5.41) is 0.658. The lowest BCUT2D eigenvalue weighted by molar-refractivity contribution is 0.219. The first-order valence-corrected chi connectivity index (χ1v) is 8.20. The van der Waals surface area contributed by atoms with Crippen LogP contribution in [0.5, 0.6) is 0 Å². The Hall–Kier alpha value is -0.360. The second kappa shape index (κ2) is 5.56. The Morgan fingerprint density at radius 3 is 2.89 bits per heavy atom. The lowest BCUT2D eigenvalue weighted by Crippen LogP contribution is -2.32. The number of hydrogen-bond donors (Lipinski definition) is 0. The fraction of sp³-hybridized carbons (Fsp3) is 0.692. The van der Waals surface area contributed by atoms with Crippen molar-refractivity contribution in [3.63, 3.8) is 0 Å². The minimum Gasteiger partial charge on any atom is -0.304 e. The van der Waals surface area contributed by atoms with Gasteiger partial charge in [-0.2, -0.15) is 11.8 Å². The third-order valence-corrected chi connectivity index (χ3v) is 5.19. The van der Waals surface area contributed by atoms with Gasteiger partial charge in [0.1, 0.15) is 11.0 Å². The number of rotatable bonds is 1. The van der Waals surface area contributed by atoms with Crippen LogP contribution in [0.15, 0.2) is 0 Å². The molecule has 0 bridgehead atoms. The van der Waals surface area contributed by atoms with E-state index in [2.05, 4.69) is 28.9 Å². The minimum atomic E-state index is 0.251. The third-order valence-electron chi connectivity index (χ3n) is 3.91. The molecule has 0 aliphatic carbocycles. The number of fused-ring (bicyclic) bond motifs is 1. The third kappa shape index (κ3) is 2.75. The summed E-state index contributed by atoms with van der Waals surface area (Å²) >= 11 is 8.19. The smallest absolute Gasteiger partial charge is 0.148 e. The topological polar surface area (TPSA) is 32.3 Å². The van der Waals surface area contributed by atoms with E-state index in [-0.39, 0.29) is 6.04 Å². The van der Waals surface area contributed by atoms with Crippen molar-refractivity contribution >= 4 is 23.4 Å². The SMILES string of the molecule is CN1CCCN(C)C(c2nc(Cl)c3c(n2)CSC3)C1. The average molecular weight is 299 g/mol. The van der Waals surface area contributed by atoms with Crippen molar-refractivity contribution in [1.82, 2.24) is 19.8 Å². The number of thioether (sulfide) groups is 1. The molecular weight excluding hydrogens is 280 g/mol. The van der Waals surface area contributed by atoms with Crippen molar-refractivity contribution in [2.75, 3.05) is 33.7 Å². The maximum absolute atomic E-state index is 6.32. The van der Waals surface area contributed by atoms with E-state index < -0.39 is 0 Å². The van der Waals surface area contributed by atoms with Gasteiger partial charge in [-0.15, -0.1) is 0 Å². The van der Waals surface area contributed by atoms with Crippen LogP contribution >= 0.6 is 23.4 Å². The molecule has 2 aliphatic heterocycles. The Kier molecular flexibility index (Phi) is 3.98. The van der Waals surface area contributed by atoms with E-state index in [9.17, 15) is 0 Å². The molecule has 1 unspecified atom stereocenters. The van der Waals surface area contributed by atoms with Gasteiger partial charge in [-0.05, 0) is 33.6 Å². The van der Waals surface area contributed by atoms with Crippen LogP contribution in [-0.2, 0) is 11.5 Å². The van der Waals surface area contributed by atoms with Crippen molar-refractivity contribution in [2.45, 2.75) is 24.0 Å². The number of nitrogens with zero attached hydrogens (tertiary/aromatic N) is 4. The molecule has 6 heteroatoms. The monoisotopic (exact) mass is 298 g/mol. The maximum Gasteiger partial charge on any atom is 0.148 e. The zero-order chi connectivity index (χ0) is 13.4. The first kappa shape index (κ1) is 13.6. The predicted molar refractivity (Wildman–Crippen MR) is 79.5 cm³/mol. The van der Waals surface area contributed by atoms with E-state index in [0.29, 0.717) is 5.15 Å².